The Morgan fingerprint density at radius 2 is 2.19 bits per heavy atom. The monoisotopic (exact) mass is 289 g/mol. The Labute approximate surface area is 125 Å². The van der Waals surface area contributed by atoms with E-state index in [4.69, 9.17) is 9.47 Å². The van der Waals surface area contributed by atoms with Gasteiger partial charge in [0.1, 0.15) is 18.1 Å². The lowest BCUT2D eigenvalue weighted by molar-refractivity contribution is 0.290. The molecule has 0 atom stereocenters. The summed E-state index contributed by atoms with van der Waals surface area (Å²) in [5.74, 6) is 1.71. The molecule has 0 fully saturated rings. The van der Waals surface area contributed by atoms with Crippen LogP contribution in [0.3, 0.4) is 0 Å². The summed E-state index contributed by atoms with van der Waals surface area (Å²) in [4.78, 5) is 4.19. The topological polar surface area (TPSA) is 48.3 Å². The summed E-state index contributed by atoms with van der Waals surface area (Å²) in [5, 5.41) is 3.15. The number of hydrogen-bond donors (Lipinski definition) is 1. The summed E-state index contributed by atoms with van der Waals surface area (Å²) in [6.07, 6.45) is 4.79. The van der Waals surface area contributed by atoms with E-state index in [1.165, 1.54) is 0 Å². The van der Waals surface area contributed by atoms with Gasteiger partial charge in [-0.3, -0.25) is 0 Å². The van der Waals surface area contributed by atoms with Crippen molar-refractivity contribution in [2.24, 2.45) is 0 Å². The fraction of sp³-hybridized carbons (Fsp3) is 0.438. The van der Waals surface area contributed by atoms with Crippen molar-refractivity contribution in [1.82, 2.24) is 14.9 Å². The number of nitrogens with zero attached hydrogens (tertiary/aromatic N) is 2. The van der Waals surface area contributed by atoms with Gasteiger partial charge in [0.15, 0.2) is 0 Å². The van der Waals surface area contributed by atoms with Gasteiger partial charge in [0.05, 0.1) is 25.3 Å². The van der Waals surface area contributed by atoms with Crippen LogP contribution in [0, 0.1) is 0 Å². The fourth-order valence-corrected chi connectivity index (χ4v) is 2.21. The van der Waals surface area contributed by atoms with Crippen LogP contribution >= 0.6 is 0 Å². The summed E-state index contributed by atoms with van der Waals surface area (Å²) >= 11 is 0. The molecule has 0 radical (unpaired) electrons. The van der Waals surface area contributed by atoms with Gasteiger partial charge in [-0.05, 0) is 31.7 Å². The average Bonchev–Trinajstić information content (AvgIpc) is 2.94. The number of rotatable bonds is 8. The first-order valence-corrected chi connectivity index (χ1v) is 7.21. The highest BCUT2D eigenvalue weighted by molar-refractivity contribution is 5.40. The maximum absolute atomic E-state index is 5.96. The van der Waals surface area contributed by atoms with Gasteiger partial charge in [-0.1, -0.05) is 6.92 Å². The maximum atomic E-state index is 5.96. The molecule has 0 saturated heterocycles. The zero-order valence-electron chi connectivity index (χ0n) is 12.9. The van der Waals surface area contributed by atoms with Crippen molar-refractivity contribution in [3.05, 3.63) is 42.0 Å². The van der Waals surface area contributed by atoms with Crippen LogP contribution in [0.2, 0.25) is 0 Å². The Kier molecular flexibility index (Phi) is 5.63. The van der Waals surface area contributed by atoms with E-state index >= 15 is 0 Å². The predicted octanol–water partition coefficient (Wildman–Crippen LogP) is 2.60. The molecule has 0 amide bonds. The summed E-state index contributed by atoms with van der Waals surface area (Å²) < 4.78 is 13.4. The second-order valence-electron chi connectivity index (χ2n) is 4.87. The molecule has 1 heterocycles. The average molecular weight is 289 g/mol. The van der Waals surface area contributed by atoms with Crippen molar-refractivity contribution >= 4 is 0 Å². The van der Waals surface area contributed by atoms with Crippen molar-refractivity contribution in [2.75, 3.05) is 14.2 Å². The van der Waals surface area contributed by atoms with E-state index in [-0.39, 0.29) is 0 Å². The number of aromatic nitrogens is 2. The molecule has 1 aromatic carbocycles. The van der Waals surface area contributed by atoms with Crippen LogP contribution in [-0.4, -0.2) is 23.7 Å². The Morgan fingerprint density at radius 3 is 2.90 bits per heavy atom. The zero-order valence-corrected chi connectivity index (χ0v) is 12.9. The van der Waals surface area contributed by atoms with Crippen molar-refractivity contribution in [1.29, 1.82) is 0 Å². The van der Waals surface area contributed by atoms with Gasteiger partial charge in [0.2, 0.25) is 0 Å². The molecule has 5 nitrogen and oxygen atoms in total. The highest BCUT2D eigenvalue weighted by Crippen LogP contribution is 2.25. The third-order valence-corrected chi connectivity index (χ3v) is 3.27. The number of hydrogen-bond acceptors (Lipinski definition) is 4. The molecular formula is C16H23N3O2. The van der Waals surface area contributed by atoms with Crippen molar-refractivity contribution in [3.8, 4) is 11.5 Å². The predicted molar refractivity (Wildman–Crippen MR) is 82.6 cm³/mol. The van der Waals surface area contributed by atoms with E-state index in [1.54, 1.807) is 7.11 Å². The number of benzene rings is 1. The van der Waals surface area contributed by atoms with E-state index in [2.05, 4.69) is 21.8 Å². The first kappa shape index (κ1) is 15.4. The van der Waals surface area contributed by atoms with Gasteiger partial charge in [0.25, 0.3) is 0 Å². The molecule has 1 N–H and O–H groups in total. The number of ether oxygens (including phenoxy) is 2. The lowest BCUT2D eigenvalue weighted by Crippen LogP contribution is -2.09. The van der Waals surface area contributed by atoms with Gasteiger partial charge in [-0.25, -0.2) is 4.98 Å². The summed E-state index contributed by atoms with van der Waals surface area (Å²) in [6.45, 7) is 4.37. The molecule has 2 rings (SSSR count). The van der Waals surface area contributed by atoms with Crippen LogP contribution in [0.4, 0.5) is 0 Å². The molecule has 0 saturated carbocycles. The second-order valence-corrected chi connectivity index (χ2v) is 4.87. The highest BCUT2D eigenvalue weighted by atomic mass is 16.5. The number of aryl methyl sites for hydroxylation is 1. The minimum Gasteiger partial charge on any atom is -0.497 e. The Morgan fingerprint density at radius 1 is 1.33 bits per heavy atom. The number of nitrogens with one attached hydrogen (secondary N) is 1. The van der Waals surface area contributed by atoms with Crippen LogP contribution in [0.25, 0.3) is 0 Å². The number of imidazole rings is 1. The van der Waals surface area contributed by atoms with E-state index in [9.17, 15) is 0 Å². The molecule has 0 unspecified atom stereocenters. The second kappa shape index (κ2) is 7.69. The Hall–Kier alpha value is -2.01. The fourth-order valence-electron chi connectivity index (χ4n) is 2.21. The largest absolute Gasteiger partial charge is 0.497 e. The first-order valence-electron chi connectivity index (χ1n) is 7.21. The SMILES string of the molecule is CCCn1cncc1COc1ccc(OC)cc1CNC. The van der Waals surface area contributed by atoms with Crippen LogP contribution < -0.4 is 14.8 Å². The van der Waals surface area contributed by atoms with Gasteiger partial charge in [-0.15, -0.1) is 0 Å². The molecule has 1 aromatic heterocycles. The van der Waals surface area contributed by atoms with Crippen molar-refractivity contribution in [2.45, 2.75) is 33.0 Å². The van der Waals surface area contributed by atoms with E-state index in [0.29, 0.717) is 6.61 Å². The molecule has 5 heteroatoms. The highest BCUT2D eigenvalue weighted by Gasteiger charge is 2.07. The van der Waals surface area contributed by atoms with Crippen molar-refractivity contribution in [3.63, 3.8) is 0 Å². The van der Waals surface area contributed by atoms with E-state index < -0.39 is 0 Å². The zero-order chi connectivity index (χ0) is 15.1. The lowest BCUT2D eigenvalue weighted by Gasteiger charge is -2.13. The maximum Gasteiger partial charge on any atom is 0.130 e. The molecule has 2 aromatic rings. The summed E-state index contributed by atoms with van der Waals surface area (Å²) in [6, 6.07) is 5.86. The molecule has 0 aliphatic heterocycles. The van der Waals surface area contributed by atoms with Gasteiger partial charge >= 0.3 is 0 Å². The quantitative estimate of drug-likeness (QED) is 0.811. The van der Waals surface area contributed by atoms with E-state index in [0.717, 1.165) is 42.3 Å². The molecule has 0 spiro atoms. The smallest absolute Gasteiger partial charge is 0.130 e. The standard InChI is InChI=1S/C16H23N3O2/c1-4-7-19-12-18-10-14(19)11-21-16-6-5-15(20-3)8-13(16)9-17-2/h5-6,8,10,12,17H,4,7,9,11H2,1-3H3. The molecule has 0 aliphatic carbocycles. The Balaban J connectivity index is 2.09. The summed E-state index contributed by atoms with van der Waals surface area (Å²) in [5.41, 5.74) is 2.17. The van der Waals surface area contributed by atoms with Crippen molar-refractivity contribution < 1.29 is 9.47 Å². The Bertz CT molecular complexity index is 566. The molecule has 0 bridgehead atoms. The van der Waals surface area contributed by atoms with Crippen LogP contribution in [0.1, 0.15) is 24.6 Å². The van der Waals surface area contributed by atoms with Crippen LogP contribution in [0.5, 0.6) is 11.5 Å². The number of methoxy groups -OCH3 is 1. The molecule has 0 aliphatic rings. The molecule has 21 heavy (non-hydrogen) atoms. The third kappa shape index (κ3) is 3.98. The van der Waals surface area contributed by atoms with E-state index in [1.807, 2.05) is 37.8 Å². The van der Waals surface area contributed by atoms with Crippen LogP contribution in [0.15, 0.2) is 30.7 Å². The minimum atomic E-state index is 0.517. The van der Waals surface area contributed by atoms with Gasteiger partial charge in [0, 0.05) is 18.7 Å². The normalized spacial score (nSPS) is 10.6. The van der Waals surface area contributed by atoms with Crippen LogP contribution in [-0.2, 0) is 19.7 Å². The molecule has 114 valence electrons. The molecular weight excluding hydrogens is 266 g/mol. The minimum absolute atomic E-state index is 0.517. The first-order chi connectivity index (χ1) is 10.3. The van der Waals surface area contributed by atoms with Gasteiger partial charge < -0.3 is 19.4 Å². The third-order valence-electron chi connectivity index (χ3n) is 3.27. The summed E-state index contributed by atoms with van der Waals surface area (Å²) in [7, 11) is 3.59. The lowest BCUT2D eigenvalue weighted by atomic mass is 10.2. The van der Waals surface area contributed by atoms with Gasteiger partial charge in [-0.2, -0.15) is 0 Å².